The van der Waals surface area contributed by atoms with Gasteiger partial charge >= 0.3 is 0 Å². The minimum atomic E-state index is -0.907. The summed E-state index contributed by atoms with van der Waals surface area (Å²) in [5.41, 5.74) is 1.49. The number of halogens is 1. The Morgan fingerprint density at radius 2 is 1.76 bits per heavy atom. The zero-order valence-electron chi connectivity index (χ0n) is 20.3. The number of fused-ring (bicyclic) bond motifs is 1. The molecule has 10 heteroatoms. The number of hydrogen-bond donors (Lipinski definition) is 1. The number of aliphatic hydroxyl groups is 1. The first-order valence-corrected chi connectivity index (χ1v) is 12.4. The molecule has 0 radical (unpaired) electrons. The Morgan fingerprint density at radius 1 is 1.05 bits per heavy atom. The van der Waals surface area contributed by atoms with Crippen molar-refractivity contribution in [2.24, 2.45) is 0 Å². The van der Waals surface area contributed by atoms with Gasteiger partial charge in [0.2, 0.25) is 5.78 Å². The van der Waals surface area contributed by atoms with Crippen molar-refractivity contribution in [1.82, 2.24) is 0 Å². The van der Waals surface area contributed by atoms with E-state index in [1.165, 1.54) is 43.6 Å². The minimum absolute atomic E-state index is 0.0609. The fourth-order valence-corrected chi connectivity index (χ4v) is 5.67. The first kappa shape index (κ1) is 24.7. The van der Waals surface area contributed by atoms with Crippen LogP contribution in [0.1, 0.15) is 27.0 Å². The highest BCUT2D eigenvalue weighted by Crippen LogP contribution is 2.46. The molecule has 1 aliphatic rings. The smallest absolute Gasteiger partial charge is 0.294 e. The summed E-state index contributed by atoms with van der Waals surface area (Å²) in [4.78, 5) is 29.5. The van der Waals surface area contributed by atoms with Crippen LogP contribution in [0.3, 0.4) is 0 Å². The van der Waals surface area contributed by atoms with Gasteiger partial charge in [0.15, 0.2) is 22.9 Å². The Balaban J connectivity index is 1.68. The fraction of sp³-hybridized carbons (Fsp3) is 0.185. The van der Waals surface area contributed by atoms with E-state index in [9.17, 15) is 14.7 Å². The van der Waals surface area contributed by atoms with Crippen molar-refractivity contribution >= 4 is 51.3 Å². The molecule has 3 heterocycles. The largest absolute Gasteiger partial charge is 0.503 e. The first-order valence-electron chi connectivity index (χ1n) is 11.1. The zero-order valence-corrected chi connectivity index (χ0v) is 21.9. The van der Waals surface area contributed by atoms with E-state index in [0.29, 0.717) is 38.9 Å². The maximum atomic E-state index is 13.9. The number of thiophene rings is 1. The number of carbonyl (C=O) groups excluding carboxylic acids is 2. The summed E-state index contributed by atoms with van der Waals surface area (Å²) < 4.78 is 22.0. The number of aryl methyl sites for hydroxylation is 1. The average molecular weight is 540 g/mol. The molecule has 1 amide bonds. The summed E-state index contributed by atoms with van der Waals surface area (Å²) in [5.74, 6) is -0.820. The van der Waals surface area contributed by atoms with E-state index in [1.54, 1.807) is 30.3 Å². The molecule has 37 heavy (non-hydrogen) atoms. The lowest BCUT2D eigenvalue weighted by molar-refractivity contribution is -0.117. The molecule has 0 fully saturated rings. The van der Waals surface area contributed by atoms with Crippen LogP contribution in [0, 0.1) is 6.92 Å². The van der Waals surface area contributed by atoms with E-state index in [1.807, 2.05) is 18.4 Å². The molecular weight excluding hydrogens is 518 g/mol. The third-order valence-electron chi connectivity index (χ3n) is 6.21. The van der Waals surface area contributed by atoms with Gasteiger partial charge in [0.1, 0.15) is 17.5 Å². The Kier molecular flexibility index (Phi) is 6.35. The number of benzene rings is 2. The summed E-state index contributed by atoms with van der Waals surface area (Å²) in [6.45, 7) is 1.88. The molecule has 0 saturated carbocycles. The van der Waals surface area contributed by atoms with Crippen molar-refractivity contribution in [3.05, 3.63) is 80.4 Å². The van der Waals surface area contributed by atoms with Crippen LogP contribution in [0.2, 0.25) is 5.02 Å². The van der Waals surface area contributed by atoms with Gasteiger partial charge in [-0.3, -0.25) is 14.5 Å². The molecule has 2 aromatic heterocycles. The lowest BCUT2D eigenvalue weighted by atomic mass is 9.98. The van der Waals surface area contributed by atoms with Crippen LogP contribution in [-0.2, 0) is 4.79 Å². The van der Waals surface area contributed by atoms with Crippen molar-refractivity contribution in [2.45, 2.75) is 13.0 Å². The van der Waals surface area contributed by atoms with Crippen LogP contribution in [0.4, 0.5) is 5.69 Å². The van der Waals surface area contributed by atoms with Crippen molar-refractivity contribution in [3.63, 3.8) is 0 Å². The normalized spacial score (nSPS) is 15.5. The number of ether oxygens (including phenoxy) is 3. The third-order valence-corrected chi connectivity index (χ3v) is 7.50. The van der Waals surface area contributed by atoms with Crippen LogP contribution in [0.5, 0.6) is 17.2 Å². The van der Waals surface area contributed by atoms with Gasteiger partial charge < -0.3 is 23.7 Å². The first-order chi connectivity index (χ1) is 17.8. The summed E-state index contributed by atoms with van der Waals surface area (Å²) in [6.07, 6.45) is 0. The molecule has 1 unspecified atom stereocenters. The number of amides is 1. The van der Waals surface area contributed by atoms with E-state index >= 15 is 0 Å². The second kappa shape index (κ2) is 9.49. The summed E-state index contributed by atoms with van der Waals surface area (Å²) in [6, 6.07) is 10.7. The lowest BCUT2D eigenvalue weighted by Gasteiger charge is -2.27. The molecule has 0 saturated heterocycles. The van der Waals surface area contributed by atoms with E-state index in [-0.39, 0.29) is 11.3 Å². The van der Waals surface area contributed by atoms with Crippen molar-refractivity contribution in [1.29, 1.82) is 0 Å². The van der Waals surface area contributed by atoms with Gasteiger partial charge in [0, 0.05) is 39.6 Å². The highest BCUT2D eigenvalue weighted by molar-refractivity contribution is 7.10. The van der Waals surface area contributed by atoms with E-state index in [0.717, 1.165) is 10.4 Å². The third kappa shape index (κ3) is 4.10. The molecule has 2 aromatic carbocycles. The number of carbonyl (C=O) groups is 2. The maximum absolute atomic E-state index is 13.9. The van der Waals surface area contributed by atoms with Crippen molar-refractivity contribution in [3.8, 4) is 17.2 Å². The molecule has 0 spiro atoms. The van der Waals surface area contributed by atoms with Crippen molar-refractivity contribution in [2.75, 3.05) is 26.2 Å². The van der Waals surface area contributed by atoms with Crippen LogP contribution in [-0.4, -0.2) is 38.1 Å². The van der Waals surface area contributed by atoms with E-state index in [2.05, 4.69) is 0 Å². The molecule has 1 aliphatic heterocycles. The molecule has 8 nitrogen and oxygen atoms in total. The van der Waals surface area contributed by atoms with Gasteiger partial charge in [-0.25, -0.2) is 0 Å². The van der Waals surface area contributed by atoms with Gasteiger partial charge in [0.05, 0.1) is 32.6 Å². The monoisotopic (exact) mass is 539 g/mol. The Morgan fingerprint density at radius 3 is 2.35 bits per heavy atom. The van der Waals surface area contributed by atoms with Crippen LogP contribution in [0.25, 0.3) is 11.0 Å². The number of rotatable bonds is 7. The Bertz CT molecular complexity index is 1560. The second-order valence-electron chi connectivity index (χ2n) is 8.34. The summed E-state index contributed by atoms with van der Waals surface area (Å²) in [5, 5.41) is 13.9. The molecule has 0 aliphatic carbocycles. The number of hydrogen-bond acceptors (Lipinski definition) is 8. The van der Waals surface area contributed by atoms with E-state index in [4.69, 9.17) is 30.2 Å². The maximum Gasteiger partial charge on any atom is 0.294 e. The number of aliphatic hydroxyl groups excluding tert-OH is 1. The van der Waals surface area contributed by atoms with Gasteiger partial charge in [-0.1, -0.05) is 11.6 Å². The number of nitrogens with zero attached hydrogens (tertiary/aromatic N) is 1. The van der Waals surface area contributed by atoms with Crippen molar-refractivity contribution < 1.29 is 33.3 Å². The number of methoxy groups -OCH3 is 3. The Hall–Kier alpha value is -3.95. The quantitative estimate of drug-likeness (QED) is 0.276. The molecule has 1 atom stereocenters. The van der Waals surface area contributed by atoms with Gasteiger partial charge in [0.25, 0.3) is 5.91 Å². The highest BCUT2D eigenvalue weighted by atomic mass is 35.5. The van der Waals surface area contributed by atoms with Crippen LogP contribution < -0.4 is 19.1 Å². The van der Waals surface area contributed by atoms with E-state index < -0.39 is 23.5 Å². The molecular formula is C27H22ClNO7S. The highest BCUT2D eigenvalue weighted by Gasteiger charge is 2.46. The molecule has 5 rings (SSSR count). The number of ketones is 1. The second-order valence-corrected chi connectivity index (χ2v) is 9.73. The topological polar surface area (TPSA) is 98.4 Å². The predicted octanol–water partition coefficient (Wildman–Crippen LogP) is 6.26. The van der Waals surface area contributed by atoms with Gasteiger partial charge in [-0.15, -0.1) is 11.3 Å². The minimum Gasteiger partial charge on any atom is -0.503 e. The van der Waals surface area contributed by atoms with Crippen LogP contribution in [0.15, 0.2) is 63.6 Å². The number of furan rings is 1. The summed E-state index contributed by atoms with van der Waals surface area (Å²) >= 11 is 7.56. The van der Waals surface area contributed by atoms with Crippen LogP contribution >= 0.6 is 22.9 Å². The zero-order chi connectivity index (χ0) is 26.4. The average Bonchev–Trinajstić information content (AvgIpc) is 3.58. The SMILES string of the molecule is COc1cc(OC)cc(N2C(=O)C(O)=C(C(=O)c3cc4cc(Cl)cc(OC)c4o3)C2c2sccc2C)c1. The summed E-state index contributed by atoms with van der Waals surface area (Å²) in [7, 11) is 4.46. The van der Waals surface area contributed by atoms with Gasteiger partial charge in [-0.2, -0.15) is 0 Å². The molecule has 0 bridgehead atoms. The molecule has 190 valence electrons. The predicted molar refractivity (Wildman–Crippen MR) is 141 cm³/mol. The standard InChI is InChI=1S/C27H22ClNO7S/c1-13-5-6-37-26(13)22-21(23(30)19-8-14-7-15(28)9-20(35-4)25(14)36-19)24(31)27(32)29(22)16-10-17(33-2)12-18(11-16)34-3/h5-12,22,31H,1-4H3. The van der Waals surface area contributed by atoms with Gasteiger partial charge in [-0.05, 0) is 36.1 Å². The molecule has 4 aromatic rings. The number of anilines is 1. The molecule has 1 N–H and O–H groups in total. The number of Topliss-reactive ketones (excluding diaryl/α,β-unsaturated/α-hetero) is 1. The lowest BCUT2D eigenvalue weighted by Crippen LogP contribution is -2.31. The Labute approximate surface area is 221 Å². The fourth-order valence-electron chi connectivity index (χ4n) is 4.43.